The number of allylic oxidation sites excluding steroid dienone is 2. The van der Waals surface area contributed by atoms with Gasteiger partial charge in [-0.2, -0.15) is 0 Å². The zero-order chi connectivity index (χ0) is 19.6. The standard InChI is InChI=1S/C17H12O9/c18-12(8-4-1-2-5-9(8)13(19)20)10-6-3-7-17(15(23)24,16(25)26)11(10)14(21)22/h1-7,11H,(H,19,20)(H,21,22)(H,23,24)(H,25,26). The van der Waals surface area contributed by atoms with Crippen molar-refractivity contribution in [2.45, 2.75) is 0 Å². The summed E-state index contributed by atoms with van der Waals surface area (Å²) in [5.74, 6) is -10.5. The first-order valence-corrected chi connectivity index (χ1v) is 7.10. The fourth-order valence-corrected chi connectivity index (χ4v) is 2.78. The van der Waals surface area contributed by atoms with Crippen LogP contribution < -0.4 is 0 Å². The lowest BCUT2D eigenvalue weighted by molar-refractivity contribution is -0.169. The van der Waals surface area contributed by atoms with Crippen molar-refractivity contribution >= 4 is 29.7 Å². The molecule has 2 rings (SSSR count). The van der Waals surface area contributed by atoms with E-state index in [0.29, 0.717) is 6.08 Å². The van der Waals surface area contributed by atoms with Gasteiger partial charge in [0.1, 0.15) is 5.92 Å². The number of rotatable bonds is 6. The van der Waals surface area contributed by atoms with E-state index in [1.54, 1.807) is 0 Å². The summed E-state index contributed by atoms with van der Waals surface area (Å²) in [5, 5.41) is 37.4. The van der Waals surface area contributed by atoms with Crippen molar-refractivity contribution < 1.29 is 44.4 Å². The molecule has 0 saturated carbocycles. The van der Waals surface area contributed by atoms with Crippen molar-refractivity contribution in [1.82, 2.24) is 0 Å². The van der Waals surface area contributed by atoms with Crippen LogP contribution in [0.5, 0.6) is 0 Å². The Hall–Kier alpha value is -3.75. The largest absolute Gasteiger partial charge is 0.481 e. The monoisotopic (exact) mass is 360 g/mol. The highest BCUT2D eigenvalue weighted by atomic mass is 16.4. The van der Waals surface area contributed by atoms with E-state index in [-0.39, 0.29) is 5.56 Å². The molecular formula is C17H12O9. The Kier molecular flexibility index (Phi) is 4.74. The van der Waals surface area contributed by atoms with E-state index in [2.05, 4.69) is 0 Å². The molecular weight excluding hydrogens is 348 g/mol. The lowest BCUT2D eigenvalue weighted by Crippen LogP contribution is -2.50. The van der Waals surface area contributed by atoms with Crippen molar-refractivity contribution in [2.24, 2.45) is 11.3 Å². The van der Waals surface area contributed by atoms with Gasteiger partial charge < -0.3 is 20.4 Å². The lowest BCUT2D eigenvalue weighted by Gasteiger charge is -2.31. The Morgan fingerprint density at radius 3 is 1.85 bits per heavy atom. The number of carbonyl (C=O) groups excluding carboxylic acids is 1. The van der Waals surface area contributed by atoms with Crippen LogP contribution in [0.15, 0.2) is 48.1 Å². The zero-order valence-electron chi connectivity index (χ0n) is 12.9. The summed E-state index contributed by atoms with van der Waals surface area (Å²) in [6.07, 6.45) is 2.61. The highest BCUT2D eigenvalue weighted by molar-refractivity contribution is 6.18. The van der Waals surface area contributed by atoms with Crippen LogP contribution in [0, 0.1) is 11.3 Å². The molecule has 0 fully saturated rings. The van der Waals surface area contributed by atoms with E-state index in [9.17, 15) is 44.4 Å². The second-order valence-electron chi connectivity index (χ2n) is 5.41. The number of carboxylic acids is 4. The summed E-state index contributed by atoms with van der Waals surface area (Å²) in [6.45, 7) is 0. The van der Waals surface area contributed by atoms with Gasteiger partial charge >= 0.3 is 23.9 Å². The van der Waals surface area contributed by atoms with Crippen molar-refractivity contribution in [3.63, 3.8) is 0 Å². The minimum absolute atomic E-state index is 0.377. The third-order valence-corrected chi connectivity index (χ3v) is 4.02. The summed E-state index contributed by atoms with van der Waals surface area (Å²) < 4.78 is 0. The summed E-state index contributed by atoms with van der Waals surface area (Å²) in [5.41, 5.74) is -4.34. The first kappa shape index (κ1) is 18.6. The molecule has 1 atom stereocenters. The number of carboxylic acid groups (broad SMARTS) is 4. The number of aromatic carboxylic acids is 1. The third-order valence-electron chi connectivity index (χ3n) is 4.02. The highest BCUT2D eigenvalue weighted by Crippen LogP contribution is 2.40. The van der Waals surface area contributed by atoms with Crippen LogP contribution in [0.3, 0.4) is 0 Å². The second-order valence-corrected chi connectivity index (χ2v) is 5.41. The van der Waals surface area contributed by atoms with E-state index in [4.69, 9.17) is 0 Å². The number of aliphatic carboxylic acids is 3. The molecule has 0 aliphatic heterocycles. The van der Waals surface area contributed by atoms with Gasteiger partial charge in [0.15, 0.2) is 5.78 Å². The van der Waals surface area contributed by atoms with Crippen LogP contribution in [0.25, 0.3) is 0 Å². The molecule has 1 aromatic carbocycles. The van der Waals surface area contributed by atoms with Crippen LogP contribution in [-0.2, 0) is 14.4 Å². The van der Waals surface area contributed by atoms with Crippen LogP contribution in [0.1, 0.15) is 20.7 Å². The second kappa shape index (κ2) is 6.63. The quantitative estimate of drug-likeness (QED) is 0.426. The number of hydrogen-bond donors (Lipinski definition) is 4. The van der Waals surface area contributed by atoms with Crippen LogP contribution in [0.4, 0.5) is 0 Å². The summed E-state index contributed by atoms with van der Waals surface area (Å²) in [7, 11) is 0. The Labute approximate surface area is 145 Å². The van der Waals surface area contributed by atoms with E-state index in [1.165, 1.54) is 12.1 Å². The van der Waals surface area contributed by atoms with Crippen molar-refractivity contribution in [2.75, 3.05) is 0 Å². The third kappa shape index (κ3) is 2.75. The van der Waals surface area contributed by atoms with Crippen molar-refractivity contribution in [3.8, 4) is 0 Å². The zero-order valence-corrected chi connectivity index (χ0v) is 12.9. The molecule has 1 aromatic rings. The molecule has 0 spiro atoms. The Balaban J connectivity index is 2.68. The van der Waals surface area contributed by atoms with Gasteiger partial charge in [-0.3, -0.25) is 19.2 Å². The molecule has 1 aliphatic carbocycles. The number of benzene rings is 1. The van der Waals surface area contributed by atoms with Gasteiger partial charge in [0.25, 0.3) is 0 Å². The Morgan fingerprint density at radius 2 is 1.38 bits per heavy atom. The van der Waals surface area contributed by atoms with Gasteiger partial charge in [-0.15, -0.1) is 0 Å². The first-order valence-electron chi connectivity index (χ1n) is 7.10. The summed E-state index contributed by atoms with van der Waals surface area (Å²) >= 11 is 0. The maximum Gasteiger partial charge on any atom is 0.336 e. The summed E-state index contributed by atoms with van der Waals surface area (Å²) in [6, 6.07) is 4.94. The molecule has 1 aliphatic rings. The van der Waals surface area contributed by atoms with E-state index in [1.807, 2.05) is 0 Å². The minimum atomic E-state index is -2.90. The summed E-state index contributed by atoms with van der Waals surface area (Å²) in [4.78, 5) is 58.9. The van der Waals surface area contributed by atoms with Crippen molar-refractivity contribution in [3.05, 3.63) is 59.2 Å². The van der Waals surface area contributed by atoms with Crippen LogP contribution in [-0.4, -0.2) is 50.1 Å². The molecule has 4 N–H and O–H groups in total. The topological polar surface area (TPSA) is 166 Å². The molecule has 9 nitrogen and oxygen atoms in total. The van der Waals surface area contributed by atoms with Crippen LogP contribution >= 0.6 is 0 Å². The predicted molar refractivity (Wildman–Crippen MR) is 83.8 cm³/mol. The van der Waals surface area contributed by atoms with E-state index < -0.39 is 52.1 Å². The SMILES string of the molecule is O=C(O)c1ccccc1C(=O)C1=CC=CC(C(=O)O)(C(=O)O)C1C(=O)O. The maximum atomic E-state index is 12.8. The van der Waals surface area contributed by atoms with Gasteiger partial charge in [0, 0.05) is 11.1 Å². The molecule has 1 unspecified atom stereocenters. The molecule has 0 heterocycles. The average Bonchev–Trinajstić information content (AvgIpc) is 2.59. The number of carbonyl (C=O) groups is 5. The smallest absolute Gasteiger partial charge is 0.336 e. The Bertz CT molecular complexity index is 877. The molecule has 26 heavy (non-hydrogen) atoms. The number of ketones is 1. The fraction of sp³-hybridized carbons (Fsp3) is 0.118. The van der Waals surface area contributed by atoms with E-state index >= 15 is 0 Å². The van der Waals surface area contributed by atoms with Crippen LogP contribution in [0.2, 0.25) is 0 Å². The van der Waals surface area contributed by atoms with Gasteiger partial charge in [-0.05, 0) is 6.07 Å². The molecule has 0 aromatic heterocycles. The fourth-order valence-electron chi connectivity index (χ4n) is 2.78. The first-order chi connectivity index (χ1) is 12.1. The maximum absolute atomic E-state index is 12.8. The van der Waals surface area contributed by atoms with Gasteiger partial charge in [0.05, 0.1) is 5.56 Å². The minimum Gasteiger partial charge on any atom is -0.481 e. The van der Waals surface area contributed by atoms with E-state index in [0.717, 1.165) is 24.3 Å². The molecule has 0 amide bonds. The number of hydrogen-bond acceptors (Lipinski definition) is 5. The van der Waals surface area contributed by atoms with Gasteiger partial charge in [0.2, 0.25) is 5.41 Å². The highest BCUT2D eigenvalue weighted by Gasteiger charge is 2.58. The molecule has 134 valence electrons. The van der Waals surface area contributed by atoms with Gasteiger partial charge in [-0.25, -0.2) is 4.79 Å². The Morgan fingerprint density at radius 1 is 0.846 bits per heavy atom. The van der Waals surface area contributed by atoms with Crippen molar-refractivity contribution in [1.29, 1.82) is 0 Å². The normalized spacial score (nSPS) is 17.8. The molecule has 0 saturated heterocycles. The molecule has 0 bridgehead atoms. The molecule has 9 heteroatoms. The molecule has 0 radical (unpaired) electrons. The average molecular weight is 360 g/mol. The predicted octanol–water partition coefficient (Wildman–Crippen LogP) is 0.920. The lowest BCUT2D eigenvalue weighted by atomic mass is 9.67. The van der Waals surface area contributed by atoms with Gasteiger partial charge in [-0.1, -0.05) is 36.4 Å². The number of Topliss-reactive ketones (excluding diaryl/α,β-unsaturated/α-hetero) is 1.